The van der Waals surface area contributed by atoms with Gasteiger partial charge in [-0.1, -0.05) is 59.8 Å². The number of hydrogen-bond acceptors (Lipinski definition) is 4. The second-order valence-electron chi connectivity index (χ2n) is 7.28. The number of halogens is 1. The zero-order valence-corrected chi connectivity index (χ0v) is 18.1. The van der Waals surface area contributed by atoms with Crippen LogP contribution in [0.5, 0.6) is 0 Å². The molecule has 29 heavy (non-hydrogen) atoms. The first-order valence-corrected chi connectivity index (χ1v) is 12.6. The molecule has 2 fully saturated rings. The zero-order valence-electron chi connectivity index (χ0n) is 15.7. The fourth-order valence-electron chi connectivity index (χ4n) is 3.74. The molecule has 0 aliphatic carbocycles. The van der Waals surface area contributed by atoms with Gasteiger partial charge in [0.15, 0.2) is 15.0 Å². The number of carbonyl (C=O) groups is 1. The summed E-state index contributed by atoms with van der Waals surface area (Å²) < 4.78 is 24.2. The molecule has 2 heterocycles. The standard InChI is InChI=1S/C21H21ClN2O3S2/c22-16-9-5-10-17(12-16)24-18-13-29(26,27)14-19(18)28-21(24)23-20(25)11-4-8-15-6-2-1-3-7-15/h1-3,5-7,9-10,12,18-19H,4,8,11,13-14H2/t18-,19-/m1/s1. The van der Waals surface area contributed by atoms with Crippen LogP contribution in [0.1, 0.15) is 18.4 Å². The van der Waals surface area contributed by atoms with Crippen LogP contribution in [-0.4, -0.2) is 42.3 Å². The van der Waals surface area contributed by atoms with Crippen molar-refractivity contribution in [3.63, 3.8) is 0 Å². The van der Waals surface area contributed by atoms with Gasteiger partial charge in [0.2, 0.25) is 5.91 Å². The molecule has 2 saturated heterocycles. The molecule has 0 N–H and O–H groups in total. The van der Waals surface area contributed by atoms with Crippen LogP contribution in [-0.2, 0) is 21.1 Å². The Kier molecular flexibility index (Phi) is 5.99. The summed E-state index contributed by atoms with van der Waals surface area (Å²) in [5, 5.41) is 1.02. The van der Waals surface area contributed by atoms with E-state index >= 15 is 0 Å². The Morgan fingerprint density at radius 3 is 2.69 bits per heavy atom. The normalized spacial score (nSPS) is 24.0. The smallest absolute Gasteiger partial charge is 0.248 e. The van der Waals surface area contributed by atoms with E-state index in [-0.39, 0.29) is 28.7 Å². The number of nitrogens with zero attached hydrogens (tertiary/aromatic N) is 2. The SMILES string of the molecule is O=C(CCCc1ccccc1)N=C1S[C@@H]2CS(=O)(=O)C[C@H]2N1c1cccc(Cl)c1. The predicted octanol–water partition coefficient (Wildman–Crippen LogP) is 3.96. The van der Waals surface area contributed by atoms with Gasteiger partial charge in [0.05, 0.1) is 17.5 Å². The molecule has 5 nitrogen and oxygen atoms in total. The number of sulfone groups is 1. The van der Waals surface area contributed by atoms with Crippen molar-refractivity contribution in [3.8, 4) is 0 Å². The van der Waals surface area contributed by atoms with Crippen LogP contribution in [0.4, 0.5) is 5.69 Å². The lowest BCUT2D eigenvalue weighted by atomic mass is 10.1. The molecule has 0 saturated carbocycles. The van der Waals surface area contributed by atoms with Gasteiger partial charge in [0.25, 0.3) is 0 Å². The van der Waals surface area contributed by atoms with Crippen LogP contribution in [0.2, 0.25) is 5.02 Å². The van der Waals surface area contributed by atoms with Crippen LogP contribution in [0.25, 0.3) is 0 Å². The molecule has 2 aliphatic heterocycles. The number of aryl methyl sites for hydroxylation is 1. The molecule has 2 aromatic carbocycles. The number of amides is 1. The fourth-order valence-corrected chi connectivity index (χ4v) is 7.86. The van der Waals surface area contributed by atoms with E-state index in [0.29, 0.717) is 16.6 Å². The summed E-state index contributed by atoms with van der Waals surface area (Å²) in [6.45, 7) is 0. The molecule has 0 bridgehead atoms. The Hall–Kier alpha value is -1.83. The van der Waals surface area contributed by atoms with E-state index in [9.17, 15) is 13.2 Å². The molecule has 0 radical (unpaired) electrons. The summed E-state index contributed by atoms with van der Waals surface area (Å²) in [4.78, 5) is 18.7. The largest absolute Gasteiger partial charge is 0.316 e. The number of aliphatic imine (C=N–C) groups is 1. The van der Waals surface area contributed by atoms with Crippen molar-refractivity contribution in [3.05, 3.63) is 65.2 Å². The second kappa shape index (κ2) is 8.50. The Morgan fingerprint density at radius 1 is 1.14 bits per heavy atom. The minimum Gasteiger partial charge on any atom is -0.316 e. The van der Waals surface area contributed by atoms with Crippen molar-refractivity contribution in [2.45, 2.75) is 30.6 Å². The van der Waals surface area contributed by atoms with E-state index < -0.39 is 9.84 Å². The monoisotopic (exact) mass is 448 g/mol. The van der Waals surface area contributed by atoms with E-state index in [1.54, 1.807) is 12.1 Å². The molecule has 152 valence electrons. The maximum atomic E-state index is 12.5. The Labute approximate surface area is 180 Å². The number of amidine groups is 1. The number of fused-ring (bicyclic) bond motifs is 1. The third-order valence-electron chi connectivity index (χ3n) is 5.07. The van der Waals surface area contributed by atoms with Crippen LogP contribution >= 0.6 is 23.4 Å². The first-order chi connectivity index (χ1) is 13.9. The Balaban J connectivity index is 1.51. The molecule has 2 atom stereocenters. The van der Waals surface area contributed by atoms with E-state index in [4.69, 9.17) is 11.6 Å². The third-order valence-corrected chi connectivity index (χ3v) is 8.52. The summed E-state index contributed by atoms with van der Waals surface area (Å²) in [6, 6.07) is 17.1. The van der Waals surface area contributed by atoms with Crippen molar-refractivity contribution < 1.29 is 13.2 Å². The number of rotatable bonds is 5. The summed E-state index contributed by atoms with van der Waals surface area (Å²) in [5.41, 5.74) is 1.97. The molecule has 4 rings (SSSR count). The van der Waals surface area contributed by atoms with Crippen LogP contribution < -0.4 is 4.90 Å². The van der Waals surface area contributed by atoms with Crippen molar-refractivity contribution in [2.24, 2.45) is 4.99 Å². The first-order valence-electron chi connectivity index (χ1n) is 9.49. The van der Waals surface area contributed by atoms with Gasteiger partial charge in [0, 0.05) is 22.4 Å². The highest BCUT2D eigenvalue weighted by molar-refractivity contribution is 8.16. The average molecular weight is 449 g/mol. The van der Waals surface area contributed by atoms with Crippen LogP contribution in [0.15, 0.2) is 59.6 Å². The lowest BCUT2D eigenvalue weighted by molar-refractivity contribution is -0.117. The van der Waals surface area contributed by atoms with Crippen LogP contribution in [0.3, 0.4) is 0 Å². The number of carbonyl (C=O) groups excluding carboxylic acids is 1. The minimum absolute atomic E-state index is 0.0679. The lowest BCUT2D eigenvalue weighted by Gasteiger charge is -2.24. The van der Waals surface area contributed by atoms with Gasteiger partial charge in [-0.3, -0.25) is 4.79 Å². The van der Waals surface area contributed by atoms with Gasteiger partial charge >= 0.3 is 0 Å². The topological polar surface area (TPSA) is 66.8 Å². The highest BCUT2D eigenvalue weighted by Crippen LogP contribution is 2.41. The molecule has 0 unspecified atom stereocenters. The first kappa shape index (κ1) is 20.4. The van der Waals surface area contributed by atoms with E-state index in [0.717, 1.165) is 18.5 Å². The zero-order chi connectivity index (χ0) is 20.4. The lowest BCUT2D eigenvalue weighted by Crippen LogP contribution is -2.37. The van der Waals surface area contributed by atoms with Crippen molar-refractivity contribution in [2.75, 3.05) is 16.4 Å². The summed E-state index contributed by atoms with van der Waals surface area (Å²) in [5.74, 6) is -0.00256. The number of hydrogen-bond donors (Lipinski definition) is 0. The van der Waals surface area contributed by atoms with Gasteiger partial charge in [-0.2, -0.15) is 4.99 Å². The third kappa shape index (κ3) is 4.85. The molecule has 2 aliphatic rings. The second-order valence-corrected chi connectivity index (χ2v) is 11.1. The van der Waals surface area contributed by atoms with Gasteiger partial charge in [-0.05, 0) is 36.6 Å². The Bertz CT molecular complexity index is 1040. The number of anilines is 1. The highest BCUT2D eigenvalue weighted by atomic mass is 35.5. The Morgan fingerprint density at radius 2 is 1.93 bits per heavy atom. The van der Waals surface area contributed by atoms with Gasteiger partial charge in [0.1, 0.15) is 0 Å². The van der Waals surface area contributed by atoms with Gasteiger partial charge in [-0.15, -0.1) is 0 Å². The quantitative estimate of drug-likeness (QED) is 0.692. The molecular formula is C21H21ClN2O3S2. The molecule has 0 spiro atoms. The molecule has 8 heteroatoms. The molecule has 0 aromatic heterocycles. The molecule has 1 amide bonds. The average Bonchev–Trinajstić information content (AvgIpc) is 3.13. The van der Waals surface area contributed by atoms with Crippen molar-refractivity contribution in [1.82, 2.24) is 0 Å². The van der Waals surface area contributed by atoms with E-state index in [1.165, 1.54) is 17.3 Å². The maximum absolute atomic E-state index is 12.5. The minimum atomic E-state index is -3.09. The molecule has 2 aromatic rings. The van der Waals surface area contributed by atoms with Gasteiger partial charge < -0.3 is 4.90 Å². The molecular weight excluding hydrogens is 428 g/mol. The van der Waals surface area contributed by atoms with Crippen LogP contribution in [0, 0.1) is 0 Å². The maximum Gasteiger partial charge on any atom is 0.248 e. The van der Waals surface area contributed by atoms with Gasteiger partial charge in [-0.25, -0.2) is 8.42 Å². The fraction of sp³-hybridized carbons (Fsp3) is 0.333. The predicted molar refractivity (Wildman–Crippen MR) is 120 cm³/mol. The summed E-state index contributed by atoms with van der Waals surface area (Å²) in [6.07, 6.45) is 1.91. The summed E-state index contributed by atoms with van der Waals surface area (Å²) in [7, 11) is -3.09. The number of benzene rings is 2. The summed E-state index contributed by atoms with van der Waals surface area (Å²) >= 11 is 7.53. The van der Waals surface area contributed by atoms with E-state index in [1.807, 2.05) is 47.4 Å². The highest BCUT2D eigenvalue weighted by Gasteiger charge is 2.49. The van der Waals surface area contributed by atoms with Crippen molar-refractivity contribution >= 4 is 50.0 Å². The van der Waals surface area contributed by atoms with E-state index in [2.05, 4.69) is 4.99 Å². The van der Waals surface area contributed by atoms with Crippen molar-refractivity contribution in [1.29, 1.82) is 0 Å². The number of thioether (sulfide) groups is 1.